The van der Waals surface area contributed by atoms with Gasteiger partial charge in [0.25, 0.3) is 0 Å². The van der Waals surface area contributed by atoms with Crippen LogP contribution in [0.4, 0.5) is 0 Å². The van der Waals surface area contributed by atoms with Crippen molar-refractivity contribution in [1.29, 1.82) is 0 Å². The lowest BCUT2D eigenvalue weighted by atomic mass is 9.87. The molecular formula is C17H12ClNO5. The van der Waals surface area contributed by atoms with Crippen LogP contribution in [-0.4, -0.2) is 26.7 Å². The maximum absolute atomic E-state index is 12.5. The Balaban J connectivity index is 2.47. The van der Waals surface area contributed by atoms with E-state index in [-0.39, 0.29) is 34.4 Å². The van der Waals surface area contributed by atoms with E-state index >= 15 is 0 Å². The molecule has 2 N–H and O–H groups in total. The Bertz CT molecular complexity index is 999. The number of rotatable bonds is 2. The SMILES string of the molecule is Cn1c(CC(=O)O)c(O)c2c1-c1c(cc(Cl)ccc1=O)CC2=C=O. The molecule has 0 saturated heterocycles. The molecule has 1 aromatic heterocycles. The normalized spacial score (nSPS) is 12.3. The average Bonchev–Trinajstić information content (AvgIpc) is 2.68. The van der Waals surface area contributed by atoms with E-state index in [1.54, 1.807) is 19.1 Å². The molecule has 3 rings (SSSR count). The molecule has 0 unspecified atom stereocenters. The van der Waals surface area contributed by atoms with Crippen molar-refractivity contribution in [3.8, 4) is 17.0 Å². The van der Waals surface area contributed by atoms with Gasteiger partial charge in [-0.2, -0.15) is 0 Å². The van der Waals surface area contributed by atoms with Gasteiger partial charge in [-0.1, -0.05) is 11.6 Å². The van der Waals surface area contributed by atoms with Gasteiger partial charge in [0.2, 0.25) is 0 Å². The molecule has 24 heavy (non-hydrogen) atoms. The summed E-state index contributed by atoms with van der Waals surface area (Å²) in [5.41, 5.74) is 1.24. The first-order valence-corrected chi connectivity index (χ1v) is 7.42. The number of carbonyl (C=O) groups is 1. The molecule has 0 fully saturated rings. The van der Waals surface area contributed by atoms with Crippen LogP contribution in [0.1, 0.15) is 16.8 Å². The van der Waals surface area contributed by atoms with E-state index in [0.717, 1.165) is 0 Å². The summed E-state index contributed by atoms with van der Waals surface area (Å²) >= 11 is 6.02. The number of halogens is 1. The van der Waals surface area contributed by atoms with Gasteiger partial charge in [-0.3, -0.25) is 9.59 Å². The number of nitrogens with zero attached hydrogens (tertiary/aromatic N) is 1. The summed E-state index contributed by atoms with van der Waals surface area (Å²) in [6.07, 6.45) is -0.357. The molecule has 0 spiro atoms. The summed E-state index contributed by atoms with van der Waals surface area (Å²) in [5, 5.41) is 19.8. The Hall–Kier alpha value is -2.82. The number of carbonyl (C=O) groups excluding carboxylic acids is 1. The van der Waals surface area contributed by atoms with Crippen molar-refractivity contribution in [2.45, 2.75) is 12.8 Å². The van der Waals surface area contributed by atoms with Gasteiger partial charge in [-0.05, 0) is 23.8 Å². The van der Waals surface area contributed by atoms with E-state index in [9.17, 15) is 19.5 Å². The van der Waals surface area contributed by atoms with Crippen molar-refractivity contribution in [3.05, 3.63) is 50.3 Å². The van der Waals surface area contributed by atoms with Crippen LogP contribution >= 0.6 is 11.6 Å². The van der Waals surface area contributed by atoms with Crippen LogP contribution in [0.15, 0.2) is 23.0 Å². The molecule has 2 aromatic rings. The largest absolute Gasteiger partial charge is 0.505 e. The fourth-order valence-corrected chi connectivity index (χ4v) is 3.29. The first-order valence-electron chi connectivity index (χ1n) is 7.05. The lowest BCUT2D eigenvalue weighted by Crippen LogP contribution is -2.13. The van der Waals surface area contributed by atoms with E-state index in [1.807, 2.05) is 0 Å². The zero-order chi connectivity index (χ0) is 17.6. The van der Waals surface area contributed by atoms with Crippen LogP contribution in [0.5, 0.6) is 5.75 Å². The summed E-state index contributed by atoms with van der Waals surface area (Å²) in [6, 6.07) is 4.34. The summed E-state index contributed by atoms with van der Waals surface area (Å²) in [4.78, 5) is 34.9. The highest BCUT2D eigenvalue weighted by Crippen LogP contribution is 2.44. The van der Waals surface area contributed by atoms with E-state index in [2.05, 4.69) is 0 Å². The van der Waals surface area contributed by atoms with Gasteiger partial charge < -0.3 is 14.8 Å². The van der Waals surface area contributed by atoms with Gasteiger partial charge in [0.1, 0.15) is 11.7 Å². The number of carboxylic acid groups (broad SMARTS) is 1. The van der Waals surface area contributed by atoms with E-state index in [1.165, 1.54) is 16.7 Å². The molecule has 0 radical (unpaired) electrons. The van der Waals surface area contributed by atoms with Crippen molar-refractivity contribution in [3.63, 3.8) is 0 Å². The second kappa shape index (κ2) is 5.67. The zero-order valence-corrected chi connectivity index (χ0v) is 13.3. The van der Waals surface area contributed by atoms with E-state index < -0.39 is 12.4 Å². The molecule has 0 aliphatic heterocycles. The van der Waals surface area contributed by atoms with Crippen LogP contribution in [-0.2, 0) is 29.5 Å². The number of hydrogen-bond donors (Lipinski definition) is 2. The third kappa shape index (κ3) is 2.33. The molecule has 1 aliphatic carbocycles. The van der Waals surface area contributed by atoms with Gasteiger partial charge in [0.15, 0.2) is 5.43 Å². The highest BCUT2D eigenvalue weighted by molar-refractivity contribution is 6.30. The molecule has 0 amide bonds. The van der Waals surface area contributed by atoms with Gasteiger partial charge >= 0.3 is 5.97 Å². The molecule has 0 atom stereocenters. The minimum Gasteiger partial charge on any atom is -0.505 e. The van der Waals surface area contributed by atoms with Crippen molar-refractivity contribution in [2.75, 3.05) is 0 Å². The zero-order valence-electron chi connectivity index (χ0n) is 12.6. The Morgan fingerprint density at radius 1 is 1.38 bits per heavy atom. The number of hydrogen-bond acceptors (Lipinski definition) is 4. The van der Waals surface area contributed by atoms with E-state index in [0.29, 0.717) is 21.8 Å². The molecular weight excluding hydrogens is 334 g/mol. The van der Waals surface area contributed by atoms with Gasteiger partial charge in [0.05, 0.1) is 28.9 Å². The fraction of sp³-hybridized carbons (Fsp3) is 0.176. The maximum Gasteiger partial charge on any atom is 0.309 e. The second-order valence-corrected chi connectivity index (χ2v) is 5.97. The van der Waals surface area contributed by atoms with Crippen LogP contribution in [0, 0.1) is 0 Å². The average molecular weight is 346 g/mol. The number of aromatic nitrogens is 1. The molecule has 6 nitrogen and oxygen atoms in total. The third-order valence-corrected chi connectivity index (χ3v) is 4.34. The molecule has 7 heteroatoms. The van der Waals surface area contributed by atoms with Crippen LogP contribution in [0.25, 0.3) is 16.8 Å². The first kappa shape index (κ1) is 16.1. The monoisotopic (exact) mass is 345 g/mol. The highest BCUT2D eigenvalue weighted by atomic mass is 35.5. The van der Waals surface area contributed by atoms with Crippen molar-refractivity contribution >= 4 is 29.1 Å². The number of carboxylic acids is 1. The lowest BCUT2D eigenvalue weighted by Gasteiger charge is -2.16. The lowest BCUT2D eigenvalue weighted by molar-refractivity contribution is -0.136. The number of fused-ring (bicyclic) bond motifs is 3. The minimum absolute atomic E-state index is 0.0829. The Morgan fingerprint density at radius 2 is 2.08 bits per heavy atom. The second-order valence-electron chi connectivity index (χ2n) is 5.53. The topological polar surface area (TPSA) is 96.6 Å². The van der Waals surface area contributed by atoms with Gasteiger partial charge in [-0.15, -0.1) is 0 Å². The van der Waals surface area contributed by atoms with Gasteiger partial charge in [-0.25, -0.2) is 4.79 Å². The number of allylic oxidation sites excluding steroid dienone is 1. The highest BCUT2D eigenvalue weighted by Gasteiger charge is 2.32. The molecule has 1 aromatic carbocycles. The van der Waals surface area contributed by atoms with Gasteiger partial charge in [0, 0.05) is 24.1 Å². The van der Waals surface area contributed by atoms with Crippen LogP contribution in [0.2, 0.25) is 5.02 Å². The third-order valence-electron chi connectivity index (χ3n) is 4.11. The predicted molar refractivity (Wildman–Crippen MR) is 87.9 cm³/mol. The minimum atomic E-state index is -1.14. The smallest absolute Gasteiger partial charge is 0.309 e. The molecule has 0 saturated carbocycles. The Labute approximate surface area is 141 Å². The van der Waals surface area contributed by atoms with Crippen LogP contribution < -0.4 is 5.43 Å². The first-order chi connectivity index (χ1) is 11.3. The summed E-state index contributed by atoms with van der Waals surface area (Å²) in [6.45, 7) is 0. The summed E-state index contributed by atoms with van der Waals surface area (Å²) in [5.74, 6) is 0.341. The number of aliphatic carboxylic acids is 1. The van der Waals surface area contributed by atoms with E-state index in [4.69, 9.17) is 16.7 Å². The maximum atomic E-state index is 12.5. The standard InChI is InChI=1S/C17H12ClNO5/c1-19-11(6-13(22)23)17(24)15-9(7-20)4-8-5-10(18)2-3-12(21)14(8)16(15)19/h2-3,5,24H,4,6H2,1H3,(H,22,23). The Kier molecular flexibility index (Phi) is 3.79. The number of aromatic hydroxyl groups is 1. The molecule has 0 bridgehead atoms. The summed E-state index contributed by atoms with van der Waals surface area (Å²) < 4.78 is 1.43. The van der Waals surface area contributed by atoms with Crippen LogP contribution in [0.3, 0.4) is 0 Å². The molecule has 122 valence electrons. The predicted octanol–water partition coefficient (Wildman–Crippen LogP) is 1.81. The van der Waals surface area contributed by atoms with Crippen molar-refractivity contribution in [2.24, 2.45) is 7.05 Å². The van der Waals surface area contributed by atoms with Crippen molar-refractivity contribution in [1.82, 2.24) is 4.57 Å². The quantitative estimate of drug-likeness (QED) is 0.809. The van der Waals surface area contributed by atoms with Crippen molar-refractivity contribution < 1.29 is 19.8 Å². The molecule has 1 heterocycles. The molecule has 1 aliphatic rings. The Morgan fingerprint density at radius 3 is 2.71 bits per heavy atom. The fourth-order valence-electron chi connectivity index (χ4n) is 3.10. The summed E-state index contributed by atoms with van der Waals surface area (Å²) in [7, 11) is 1.54.